The Labute approximate surface area is 227 Å². The number of rotatable bonds is 6. The number of aromatic amines is 1. The molecule has 2 aromatic carbocycles. The van der Waals surface area contributed by atoms with Crippen LogP contribution in [0.5, 0.6) is 5.75 Å². The van der Waals surface area contributed by atoms with E-state index in [0.29, 0.717) is 30.3 Å². The lowest BCUT2D eigenvalue weighted by molar-refractivity contribution is 0.0262. The van der Waals surface area contributed by atoms with Gasteiger partial charge in [-0.05, 0) is 47.5 Å². The van der Waals surface area contributed by atoms with E-state index in [4.69, 9.17) is 15.2 Å². The van der Waals surface area contributed by atoms with Crippen molar-refractivity contribution in [2.45, 2.75) is 18.9 Å². The summed E-state index contributed by atoms with van der Waals surface area (Å²) in [5.41, 5.74) is 11.7. The van der Waals surface area contributed by atoms with Gasteiger partial charge in [-0.2, -0.15) is 5.10 Å². The third-order valence-electron chi connectivity index (χ3n) is 7.55. The van der Waals surface area contributed by atoms with Crippen molar-refractivity contribution in [3.05, 3.63) is 60.4 Å². The first-order valence-corrected chi connectivity index (χ1v) is 13.4. The Bertz CT molecular complexity index is 1460. The van der Waals surface area contributed by atoms with E-state index in [2.05, 4.69) is 42.4 Å². The Morgan fingerprint density at radius 2 is 1.87 bits per heavy atom. The zero-order valence-electron chi connectivity index (χ0n) is 22.0. The van der Waals surface area contributed by atoms with E-state index in [1.165, 1.54) is 0 Å². The quantitative estimate of drug-likeness (QED) is 0.349. The first kappa shape index (κ1) is 25.0. The highest BCUT2D eigenvalue weighted by molar-refractivity contribution is 6.01. The first-order chi connectivity index (χ1) is 19.1. The van der Waals surface area contributed by atoms with Crippen molar-refractivity contribution in [2.24, 2.45) is 0 Å². The Hall–Kier alpha value is -4.31. The lowest BCUT2D eigenvalue weighted by atomic mass is 9.99. The summed E-state index contributed by atoms with van der Waals surface area (Å²) in [6.07, 6.45) is 5.41. The minimum atomic E-state index is -0.105. The van der Waals surface area contributed by atoms with Gasteiger partial charge < -0.3 is 30.3 Å². The molecule has 2 fully saturated rings. The maximum absolute atomic E-state index is 12.8. The summed E-state index contributed by atoms with van der Waals surface area (Å²) < 4.78 is 11.9. The van der Waals surface area contributed by atoms with Crippen LogP contribution in [0.3, 0.4) is 0 Å². The molecule has 0 aliphatic carbocycles. The molecule has 0 spiro atoms. The SMILES string of the molecule is CNC(=O)c1ccc(-c2cc(OC3CCOCC3)c3c(N)n[nH]c3c2)cc1N1CCN(c2cccnc2)CC1. The molecular weight excluding hydrogens is 494 g/mol. The van der Waals surface area contributed by atoms with Gasteiger partial charge in [0, 0.05) is 52.3 Å². The van der Waals surface area contributed by atoms with Crippen molar-refractivity contribution < 1.29 is 14.3 Å². The number of nitrogens with two attached hydrogens (primary N) is 1. The molecule has 4 aromatic rings. The van der Waals surface area contributed by atoms with Gasteiger partial charge in [0.05, 0.1) is 47.3 Å². The van der Waals surface area contributed by atoms with Crippen molar-refractivity contribution >= 4 is 34.0 Å². The van der Waals surface area contributed by atoms with Crippen LogP contribution in [0.4, 0.5) is 17.2 Å². The first-order valence-electron chi connectivity index (χ1n) is 13.4. The summed E-state index contributed by atoms with van der Waals surface area (Å²) >= 11 is 0. The smallest absolute Gasteiger partial charge is 0.253 e. The van der Waals surface area contributed by atoms with Gasteiger partial charge in [0.1, 0.15) is 11.9 Å². The Balaban J connectivity index is 1.34. The van der Waals surface area contributed by atoms with E-state index >= 15 is 0 Å². The van der Waals surface area contributed by atoms with Crippen molar-refractivity contribution in [3.63, 3.8) is 0 Å². The number of piperazine rings is 1. The highest BCUT2D eigenvalue weighted by Crippen LogP contribution is 2.38. The number of carbonyl (C=O) groups excluding carboxylic acids is 1. The van der Waals surface area contributed by atoms with Crippen LogP contribution >= 0.6 is 0 Å². The molecule has 0 saturated carbocycles. The average molecular weight is 528 g/mol. The summed E-state index contributed by atoms with van der Waals surface area (Å²) in [6.45, 7) is 4.63. The number of carbonyl (C=O) groups is 1. The van der Waals surface area contributed by atoms with Gasteiger partial charge in [-0.15, -0.1) is 0 Å². The maximum Gasteiger partial charge on any atom is 0.253 e. The van der Waals surface area contributed by atoms with Gasteiger partial charge in [0.25, 0.3) is 5.91 Å². The lowest BCUT2D eigenvalue weighted by Gasteiger charge is -2.38. The van der Waals surface area contributed by atoms with Crippen LogP contribution in [0.25, 0.3) is 22.0 Å². The van der Waals surface area contributed by atoms with Crippen LogP contribution in [-0.4, -0.2) is 73.6 Å². The van der Waals surface area contributed by atoms with E-state index in [0.717, 1.165) is 72.4 Å². The normalized spacial score (nSPS) is 16.4. The molecule has 4 N–H and O–H groups in total. The van der Waals surface area contributed by atoms with Gasteiger partial charge in [-0.1, -0.05) is 6.07 Å². The van der Waals surface area contributed by atoms with Crippen LogP contribution in [0.15, 0.2) is 54.9 Å². The minimum absolute atomic E-state index is 0.0637. The molecule has 2 aliphatic heterocycles. The van der Waals surface area contributed by atoms with Gasteiger partial charge >= 0.3 is 0 Å². The molecule has 2 aromatic heterocycles. The molecule has 6 rings (SSSR count). The summed E-state index contributed by atoms with van der Waals surface area (Å²) in [5.74, 6) is 1.02. The van der Waals surface area contributed by atoms with Gasteiger partial charge in [-0.3, -0.25) is 14.9 Å². The number of pyridine rings is 1. The highest BCUT2D eigenvalue weighted by Gasteiger charge is 2.24. The van der Waals surface area contributed by atoms with Crippen molar-refractivity contribution in [1.82, 2.24) is 20.5 Å². The van der Waals surface area contributed by atoms with Crippen LogP contribution < -0.4 is 25.6 Å². The topological polar surface area (TPSA) is 122 Å². The van der Waals surface area contributed by atoms with Crippen LogP contribution in [-0.2, 0) is 4.74 Å². The predicted octanol–water partition coefficient (Wildman–Crippen LogP) is 3.45. The number of ether oxygens (including phenoxy) is 2. The third kappa shape index (κ3) is 5.07. The molecule has 0 atom stereocenters. The van der Waals surface area contributed by atoms with Crippen molar-refractivity contribution in [2.75, 3.05) is 62.0 Å². The highest BCUT2D eigenvalue weighted by atomic mass is 16.5. The fraction of sp³-hybridized carbons (Fsp3) is 0.345. The molecule has 0 radical (unpaired) electrons. The number of hydrogen-bond acceptors (Lipinski definition) is 8. The van der Waals surface area contributed by atoms with E-state index in [1.807, 2.05) is 36.5 Å². The van der Waals surface area contributed by atoms with Gasteiger partial charge in [-0.25, -0.2) is 0 Å². The fourth-order valence-electron chi connectivity index (χ4n) is 5.42. The number of anilines is 3. The molecule has 4 heterocycles. The third-order valence-corrected chi connectivity index (χ3v) is 7.55. The van der Waals surface area contributed by atoms with E-state index in [1.54, 1.807) is 13.2 Å². The molecule has 39 heavy (non-hydrogen) atoms. The molecule has 2 aliphatic rings. The monoisotopic (exact) mass is 527 g/mol. The number of nitrogens with zero attached hydrogens (tertiary/aromatic N) is 4. The summed E-state index contributed by atoms with van der Waals surface area (Å²) in [6, 6.07) is 14.1. The van der Waals surface area contributed by atoms with Gasteiger partial charge in [0.2, 0.25) is 0 Å². The van der Waals surface area contributed by atoms with Gasteiger partial charge in [0.15, 0.2) is 5.82 Å². The molecule has 10 heteroatoms. The Kier molecular flexibility index (Phi) is 6.93. The molecular formula is C29H33N7O3. The number of amides is 1. The molecule has 202 valence electrons. The molecule has 0 bridgehead atoms. The van der Waals surface area contributed by atoms with E-state index in [9.17, 15) is 4.79 Å². The largest absolute Gasteiger partial charge is 0.489 e. The standard InChI is InChI=1S/C29H33N7O3/c1-31-29(37)23-5-4-19(16-25(23)36-11-9-35(10-12-36)21-3-2-8-32-18-21)20-15-24-27(28(30)34-33-24)26(17-20)39-22-6-13-38-14-7-22/h2-5,8,15-18,22H,6-7,9-14H2,1H3,(H,31,37)(H3,30,33,34). The predicted molar refractivity (Wildman–Crippen MR) is 152 cm³/mol. The number of hydrogen-bond donors (Lipinski definition) is 3. The Morgan fingerprint density at radius 3 is 2.62 bits per heavy atom. The van der Waals surface area contributed by atoms with E-state index in [-0.39, 0.29) is 12.0 Å². The zero-order valence-corrected chi connectivity index (χ0v) is 22.0. The Morgan fingerprint density at radius 1 is 1.08 bits per heavy atom. The molecule has 2 saturated heterocycles. The second-order valence-electron chi connectivity index (χ2n) is 9.93. The number of benzene rings is 2. The second-order valence-corrected chi connectivity index (χ2v) is 9.93. The van der Waals surface area contributed by atoms with Crippen LogP contribution in [0.2, 0.25) is 0 Å². The number of fused-ring (bicyclic) bond motifs is 1. The molecule has 0 unspecified atom stereocenters. The molecule has 1 amide bonds. The average Bonchev–Trinajstić information content (AvgIpc) is 3.38. The van der Waals surface area contributed by atoms with Crippen LogP contribution in [0, 0.1) is 0 Å². The summed E-state index contributed by atoms with van der Waals surface area (Å²) in [7, 11) is 1.66. The number of nitrogens with one attached hydrogen (secondary N) is 2. The number of H-pyrrole nitrogens is 1. The summed E-state index contributed by atoms with van der Waals surface area (Å²) in [4.78, 5) is 21.7. The maximum atomic E-state index is 12.8. The lowest BCUT2D eigenvalue weighted by Crippen LogP contribution is -2.47. The van der Waals surface area contributed by atoms with Crippen molar-refractivity contribution in [3.8, 4) is 16.9 Å². The second kappa shape index (κ2) is 10.8. The summed E-state index contributed by atoms with van der Waals surface area (Å²) in [5, 5.41) is 10.9. The zero-order chi connectivity index (χ0) is 26.8. The van der Waals surface area contributed by atoms with Crippen LogP contribution in [0.1, 0.15) is 23.2 Å². The number of aromatic nitrogens is 3. The molecule has 10 nitrogen and oxygen atoms in total. The fourth-order valence-corrected chi connectivity index (χ4v) is 5.42. The van der Waals surface area contributed by atoms with E-state index < -0.39 is 0 Å². The van der Waals surface area contributed by atoms with Crippen molar-refractivity contribution in [1.29, 1.82) is 0 Å². The number of nitrogen functional groups attached to an aromatic ring is 1. The minimum Gasteiger partial charge on any atom is -0.489 e.